The number of hydrogen-bond acceptors (Lipinski definition) is 4. The molecule has 0 radical (unpaired) electrons. The number of unbranched alkanes of at least 4 members (excludes halogenated alkanes) is 3. The summed E-state index contributed by atoms with van der Waals surface area (Å²) in [7, 11) is 1.37. The smallest absolute Gasteiger partial charge is 0.305 e. The monoisotopic (exact) mass is 318 g/mol. The van der Waals surface area contributed by atoms with E-state index >= 15 is 0 Å². The number of fused-ring (bicyclic) bond motifs is 1. The summed E-state index contributed by atoms with van der Waals surface area (Å²) in [6, 6.07) is 7.38. The van der Waals surface area contributed by atoms with Crippen molar-refractivity contribution in [1.29, 1.82) is 0 Å². The van der Waals surface area contributed by atoms with E-state index in [-0.39, 0.29) is 30.2 Å². The Balaban J connectivity index is 2.08. The molecule has 0 saturated carbocycles. The molecule has 4 heteroatoms. The maximum atomic E-state index is 12.8. The highest BCUT2D eigenvalue weighted by Crippen LogP contribution is 2.35. The predicted octanol–water partition coefficient (Wildman–Crippen LogP) is 4.17. The third-order valence-corrected chi connectivity index (χ3v) is 4.45. The number of ether oxygens (including phenoxy) is 2. The second kappa shape index (κ2) is 8.70. The van der Waals surface area contributed by atoms with Gasteiger partial charge in [0.2, 0.25) is 0 Å². The zero-order valence-electron chi connectivity index (χ0n) is 14.0. The van der Waals surface area contributed by atoms with E-state index in [0.717, 1.165) is 19.3 Å². The summed E-state index contributed by atoms with van der Waals surface area (Å²) < 4.78 is 10.8. The molecule has 0 bridgehead atoms. The van der Waals surface area contributed by atoms with Gasteiger partial charge in [-0.05, 0) is 31.4 Å². The van der Waals surface area contributed by atoms with Gasteiger partial charge in [0.1, 0.15) is 11.9 Å². The third-order valence-electron chi connectivity index (χ3n) is 4.45. The van der Waals surface area contributed by atoms with Gasteiger partial charge in [-0.3, -0.25) is 9.59 Å². The van der Waals surface area contributed by atoms with Crippen molar-refractivity contribution in [3.63, 3.8) is 0 Å². The number of Topliss-reactive ketones (excluding diaryl/α,β-unsaturated/α-hetero) is 1. The minimum atomic E-state index is -0.276. The van der Waals surface area contributed by atoms with E-state index in [1.54, 1.807) is 6.07 Å². The summed E-state index contributed by atoms with van der Waals surface area (Å²) in [4.78, 5) is 24.2. The van der Waals surface area contributed by atoms with E-state index in [4.69, 9.17) is 9.47 Å². The average molecular weight is 318 g/mol. The Hall–Kier alpha value is -1.84. The average Bonchev–Trinajstić information content (AvgIpc) is 2.58. The van der Waals surface area contributed by atoms with Gasteiger partial charge in [-0.2, -0.15) is 0 Å². The van der Waals surface area contributed by atoms with Crippen LogP contribution in [0.4, 0.5) is 0 Å². The molecule has 126 valence electrons. The molecule has 23 heavy (non-hydrogen) atoms. The first-order valence-corrected chi connectivity index (χ1v) is 8.54. The molecule has 0 aromatic heterocycles. The highest BCUT2D eigenvalue weighted by atomic mass is 16.5. The summed E-state index contributed by atoms with van der Waals surface area (Å²) in [6.45, 7) is 2.18. The fourth-order valence-corrected chi connectivity index (χ4v) is 3.11. The number of hydrogen-bond donors (Lipinski definition) is 0. The van der Waals surface area contributed by atoms with Crippen LogP contribution in [0.2, 0.25) is 0 Å². The summed E-state index contributed by atoms with van der Waals surface area (Å²) in [5, 5.41) is 0. The Morgan fingerprint density at radius 3 is 2.70 bits per heavy atom. The number of methoxy groups -OCH3 is 1. The largest absolute Gasteiger partial charge is 0.489 e. The van der Waals surface area contributed by atoms with E-state index < -0.39 is 0 Å². The van der Waals surface area contributed by atoms with Crippen molar-refractivity contribution < 1.29 is 19.1 Å². The van der Waals surface area contributed by atoms with Gasteiger partial charge in [0.25, 0.3) is 0 Å². The Labute approximate surface area is 138 Å². The third kappa shape index (κ3) is 4.57. The lowest BCUT2D eigenvalue weighted by molar-refractivity contribution is -0.141. The van der Waals surface area contributed by atoms with Crippen molar-refractivity contribution in [2.75, 3.05) is 7.11 Å². The SMILES string of the molecule is CCCCCCC1Oc2ccccc2C(=O)C1CCC(=O)OC. The number of ketones is 1. The molecular weight excluding hydrogens is 292 g/mol. The van der Waals surface area contributed by atoms with Crippen LogP contribution in [0.3, 0.4) is 0 Å². The Kier molecular flexibility index (Phi) is 6.63. The van der Waals surface area contributed by atoms with Crippen LogP contribution in [-0.2, 0) is 9.53 Å². The first-order valence-electron chi connectivity index (χ1n) is 8.54. The lowest BCUT2D eigenvalue weighted by atomic mass is 9.83. The van der Waals surface area contributed by atoms with Gasteiger partial charge in [0, 0.05) is 6.42 Å². The lowest BCUT2D eigenvalue weighted by Gasteiger charge is -2.32. The molecule has 0 N–H and O–H groups in total. The second-order valence-electron chi connectivity index (χ2n) is 6.09. The maximum absolute atomic E-state index is 12.8. The molecular formula is C19H26O4. The van der Waals surface area contributed by atoms with Crippen LogP contribution in [0.1, 0.15) is 62.2 Å². The summed E-state index contributed by atoms with van der Waals surface area (Å²) in [6.07, 6.45) is 6.02. The van der Waals surface area contributed by atoms with Crippen LogP contribution < -0.4 is 4.74 Å². The molecule has 0 aliphatic carbocycles. The van der Waals surface area contributed by atoms with Crippen LogP contribution in [0.5, 0.6) is 5.75 Å². The fraction of sp³-hybridized carbons (Fsp3) is 0.579. The highest BCUT2D eigenvalue weighted by Gasteiger charge is 2.36. The van der Waals surface area contributed by atoms with Crippen molar-refractivity contribution in [2.24, 2.45) is 5.92 Å². The van der Waals surface area contributed by atoms with E-state index in [9.17, 15) is 9.59 Å². The Bertz CT molecular complexity index is 538. The highest BCUT2D eigenvalue weighted by molar-refractivity contribution is 6.01. The minimum Gasteiger partial charge on any atom is -0.489 e. The van der Waals surface area contributed by atoms with Gasteiger partial charge in [-0.15, -0.1) is 0 Å². The molecule has 1 aliphatic heterocycles. The first kappa shape index (κ1) is 17.5. The van der Waals surface area contributed by atoms with Gasteiger partial charge in [0.15, 0.2) is 5.78 Å². The standard InChI is InChI=1S/C19H26O4/c1-3-4-5-6-10-17-15(12-13-18(20)22-2)19(21)14-9-7-8-11-16(14)23-17/h7-9,11,15,17H,3-6,10,12-13H2,1-2H3. The van der Waals surface area contributed by atoms with Crippen LogP contribution >= 0.6 is 0 Å². The molecule has 0 saturated heterocycles. The lowest BCUT2D eigenvalue weighted by Crippen LogP contribution is -2.38. The van der Waals surface area contributed by atoms with Crippen LogP contribution in [-0.4, -0.2) is 25.0 Å². The molecule has 1 aromatic rings. The molecule has 1 aliphatic rings. The van der Waals surface area contributed by atoms with Crippen molar-refractivity contribution >= 4 is 11.8 Å². The van der Waals surface area contributed by atoms with Crippen molar-refractivity contribution in [3.05, 3.63) is 29.8 Å². The molecule has 1 heterocycles. The summed E-state index contributed by atoms with van der Waals surface area (Å²) in [5.41, 5.74) is 0.632. The Morgan fingerprint density at radius 1 is 1.17 bits per heavy atom. The first-order chi connectivity index (χ1) is 11.2. The summed E-state index contributed by atoms with van der Waals surface area (Å²) in [5.74, 6) is 0.232. The van der Waals surface area contributed by atoms with Crippen LogP contribution in [0, 0.1) is 5.92 Å². The van der Waals surface area contributed by atoms with E-state index in [1.165, 1.54) is 20.0 Å². The fourth-order valence-electron chi connectivity index (χ4n) is 3.11. The van der Waals surface area contributed by atoms with Gasteiger partial charge in [0.05, 0.1) is 18.6 Å². The molecule has 2 unspecified atom stereocenters. The summed E-state index contributed by atoms with van der Waals surface area (Å²) >= 11 is 0. The van der Waals surface area contributed by atoms with E-state index in [1.807, 2.05) is 18.2 Å². The topological polar surface area (TPSA) is 52.6 Å². The molecule has 2 atom stereocenters. The number of benzene rings is 1. The van der Waals surface area contributed by atoms with Crippen molar-refractivity contribution in [2.45, 2.75) is 58.0 Å². The Morgan fingerprint density at radius 2 is 1.96 bits per heavy atom. The van der Waals surface area contributed by atoms with E-state index in [2.05, 4.69) is 6.92 Å². The van der Waals surface area contributed by atoms with Crippen molar-refractivity contribution in [1.82, 2.24) is 0 Å². The van der Waals surface area contributed by atoms with Crippen LogP contribution in [0.15, 0.2) is 24.3 Å². The molecule has 1 aromatic carbocycles. The maximum Gasteiger partial charge on any atom is 0.305 e. The molecule has 2 rings (SSSR count). The number of carbonyl (C=O) groups excluding carboxylic acids is 2. The zero-order chi connectivity index (χ0) is 16.7. The minimum absolute atomic E-state index is 0.0937. The number of rotatable bonds is 8. The van der Waals surface area contributed by atoms with Gasteiger partial charge >= 0.3 is 5.97 Å². The zero-order valence-corrected chi connectivity index (χ0v) is 14.0. The van der Waals surface area contributed by atoms with E-state index in [0.29, 0.717) is 17.7 Å². The predicted molar refractivity (Wildman–Crippen MR) is 88.7 cm³/mol. The van der Waals surface area contributed by atoms with Gasteiger partial charge in [-0.1, -0.05) is 38.3 Å². The molecule has 4 nitrogen and oxygen atoms in total. The van der Waals surface area contributed by atoms with Gasteiger partial charge in [-0.25, -0.2) is 0 Å². The van der Waals surface area contributed by atoms with Crippen LogP contribution in [0.25, 0.3) is 0 Å². The molecule has 0 fully saturated rings. The van der Waals surface area contributed by atoms with Gasteiger partial charge < -0.3 is 9.47 Å². The quantitative estimate of drug-likeness (QED) is 0.533. The normalized spacial score (nSPS) is 19.8. The number of carbonyl (C=O) groups is 2. The molecule has 0 amide bonds. The number of esters is 1. The molecule has 0 spiro atoms. The number of para-hydroxylation sites is 1. The van der Waals surface area contributed by atoms with Crippen molar-refractivity contribution in [3.8, 4) is 5.75 Å². The second-order valence-corrected chi connectivity index (χ2v) is 6.09.